The molecule has 31 heavy (non-hydrogen) atoms. The maximum atomic E-state index is 12.7. The number of carbonyl (C=O) groups excluding carboxylic acids is 3. The van der Waals surface area contributed by atoms with E-state index in [2.05, 4.69) is 21.2 Å². The summed E-state index contributed by atoms with van der Waals surface area (Å²) in [6, 6.07) is 13.8. The number of carbonyl (C=O) groups is 3. The first-order chi connectivity index (χ1) is 15.1. The fourth-order valence-electron chi connectivity index (χ4n) is 3.39. The molecule has 1 aliphatic carbocycles. The van der Waals surface area contributed by atoms with Gasteiger partial charge in [0.25, 0.3) is 5.91 Å². The molecule has 3 N–H and O–H groups in total. The second-order valence-corrected chi connectivity index (χ2v) is 7.28. The van der Waals surface area contributed by atoms with Gasteiger partial charge in [0, 0.05) is 6.04 Å². The van der Waals surface area contributed by atoms with E-state index in [9.17, 15) is 14.4 Å². The van der Waals surface area contributed by atoms with Crippen LogP contribution in [-0.4, -0.2) is 37.1 Å². The van der Waals surface area contributed by atoms with Crippen molar-refractivity contribution < 1.29 is 19.1 Å². The Labute approximate surface area is 181 Å². The highest BCUT2D eigenvalue weighted by Gasteiger charge is 2.20. The minimum atomic E-state index is -0.938. The second kappa shape index (κ2) is 10.9. The molecule has 1 fully saturated rings. The Hall–Kier alpha value is -3.68. The monoisotopic (exact) mass is 422 g/mol. The zero-order chi connectivity index (χ0) is 22.1. The lowest BCUT2D eigenvalue weighted by atomic mass is 9.95. The molecule has 3 amide bonds. The van der Waals surface area contributed by atoms with Crippen LogP contribution in [-0.2, 0) is 9.59 Å². The fourth-order valence-corrected chi connectivity index (χ4v) is 3.39. The maximum absolute atomic E-state index is 12.7. The predicted octanol–water partition coefficient (Wildman–Crippen LogP) is 2.85. The summed E-state index contributed by atoms with van der Waals surface area (Å²) in [5, 5.41) is 9.29. The molecule has 0 bridgehead atoms. The van der Waals surface area contributed by atoms with E-state index < -0.39 is 11.8 Å². The summed E-state index contributed by atoms with van der Waals surface area (Å²) in [5.41, 5.74) is 3.50. The first kappa shape index (κ1) is 22.0. The Morgan fingerprint density at radius 2 is 1.68 bits per heavy atom. The van der Waals surface area contributed by atoms with E-state index in [1.807, 2.05) is 0 Å². The van der Waals surface area contributed by atoms with Gasteiger partial charge in [0.15, 0.2) is 0 Å². The standard InChI is InChI=1S/C23H26N4O4/c1-31-18-13-11-16(12-14-18)15-24-27-23(30)22(29)26-20-10-6-5-9-19(20)21(28)25-17-7-3-2-4-8-17/h5-6,9-15,17H,2-4,7-8H2,1H3,(H,25,28)(H,26,29)(H,27,30)/b24-15-. The van der Waals surface area contributed by atoms with Crippen molar-refractivity contribution in [3.63, 3.8) is 0 Å². The molecule has 0 radical (unpaired) electrons. The molecule has 8 heteroatoms. The van der Waals surface area contributed by atoms with Crippen LogP contribution in [0.15, 0.2) is 53.6 Å². The first-order valence-corrected chi connectivity index (χ1v) is 10.2. The fraction of sp³-hybridized carbons (Fsp3) is 0.304. The summed E-state index contributed by atoms with van der Waals surface area (Å²) in [5.74, 6) is -1.41. The van der Waals surface area contributed by atoms with Gasteiger partial charge in [-0.25, -0.2) is 5.43 Å². The van der Waals surface area contributed by atoms with Crippen molar-refractivity contribution in [2.75, 3.05) is 12.4 Å². The number of nitrogens with one attached hydrogen (secondary N) is 3. The van der Waals surface area contributed by atoms with E-state index in [1.54, 1.807) is 55.6 Å². The number of nitrogens with zero attached hydrogens (tertiary/aromatic N) is 1. The smallest absolute Gasteiger partial charge is 0.329 e. The van der Waals surface area contributed by atoms with Gasteiger partial charge in [-0.2, -0.15) is 5.10 Å². The van der Waals surface area contributed by atoms with Crippen LogP contribution >= 0.6 is 0 Å². The quantitative estimate of drug-likeness (QED) is 0.378. The molecule has 0 unspecified atom stereocenters. The van der Waals surface area contributed by atoms with E-state index in [0.29, 0.717) is 11.3 Å². The van der Waals surface area contributed by atoms with Crippen LogP contribution in [0.1, 0.15) is 48.0 Å². The lowest BCUT2D eigenvalue weighted by molar-refractivity contribution is -0.136. The molecule has 1 aliphatic rings. The Balaban J connectivity index is 1.57. The van der Waals surface area contributed by atoms with Gasteiger partial charge in [0.2, 0.25) is 0 Å². The zero-order valence-corrected chi connectivity index (χ0v) is 17.4. The molecule has 0 saturated heterocycles. The molecular weight excluding hydrogens is 396 g/mol. The lowest BCUT2D eigenvalue weighted by Crippen LogP contribution is -2.37. The number of amides is 3. The minimum Gasteiger partial charge on any atom is -0.497 e. The van der Waals surface area contributed by atoms with Gasteiger partial charge in [-0.05, 0) is 54.8 Å². The number of para-hydroxylation sites is 1. The van der Waals surface area contributed by atoms with E-state index in [4.69, 9.17) is 4.74 Å². The minimum absolute atomic E-state index is 0.139. The molecule has 0 aromatic heterocycles. The van der Waals surface area contributed by atoms with Crippen LogP contribution in [0.25, 0.3) is 0 Å². The van der Waals surface area contributed by atoms with Crippen molar-refractivity contribution in [1.82, 2.24) is 10.7 Å². The Morgan fingerprint density at radius 3 is 2.39 bits per heavy atom. The topological polar surface area (TPSA) is 109 Å². The molecule has 8 nitrogen and oxygen atoms in total. The third-order valence-electron chi connectivity index (χ3n) is 5.06. The summed E-state index contributed by atoms with van der Waals surface area (Å²) in [7, 11) is 1.57. The molecule has 2 aromatic carbocycles. The van der Waals surface area contributed by atoms with Crippen molar-refractivity contribution >= 4 is 29.6 Å². The third-order valence-corrected chi connectivity index (χ3v) is 5.06. The number of ether oxygens (including phenoxy) is 1. The van der Waals surface area contributed by atoms with Crippen LogP contribution in [0.5, 0.6) is 5.75 Å². The summed E-state index contributed by atoms with van der Waals surface area (Å²) in [4.78, 5) is 37.0. The van der Waals surface area contributed by atoms with Gasteiger partial charge in [-0.15, -0.1) is 0 Å². The van der Waals surface area contributed by atoms with Crippen molar-refractivity contribution in [2.45, 2.75) is 38.1 Å². The lowest BCUT2D eigenvalue weighted by Gasteiger charge is -2.23. The highest BCUT2D eigenvalue weighted by Crippen LogP contribution is 2.20. The van der Waals surface area contributed by atoms with Crippen LogP contribution < -0.4 is 20.8 Å². The largest absolute Gasteiger partial charge is 0.497 e. The van der Waals surface area contributed by atoms with E-state index in [0.717, 1.165) is 31.2 Å². The highest BCUT2D eigenvalue weighted by molar-refractivity contribution is 6.40. The van der Waals surface area contributed by atoms with Crippen molar-refractivity contribution in [3.05, 3.63) is 59.7 Å². The number of benzene rings is 2. The molecule has 0 atom stereocenters. The summed E-state index contributed by atoms with van der Waals surface area (Å²) in [6.45, 7) is 0. The number of anilines is 1. The Kier molecular flexibility index (Phi) is 7.75. The van der Waals surface area contributed by atoms with Gasteiger partial charge in [0.05, 0.1) is 24.6 Å². The Morgan fingerprint density at radius 1 is 0.968 bits per heavy atom. The van der Waals surface area contributed by atoms with Crippen molar-refractivity contribution in [2.24, 2.45) is 5.10 Å². The molecular formula is C23H26N4O4. The maximum Gasteiger partial charge on any atom is 0.329 e. The average Bonchev–Trinajstić information content (AvgIpc) is 2.80. The summed E-state index contributed by atoms with van der Waals surface area (Å²) < 4.78 is 5.07. The van der Waals surface area contributed by atoms with E-state index >= 15 is 0 Å². The van der Waals surface area contributed by atoms with Crippen LogP contribution in [0.3, 0.4) is 0 Å². The molecule has 2 aromatic rings. The van der Waals surface area contributed by atoms with Gasteiger partial charge < -0.3 is 15.4 Å². The molecule has 162 valence electrons. The molecule has 1 saturated carbocycles. The third kappa shape index (κ3) is 6.40. The van der Waals surface area contributed by atoms with Gasteiger partial charge in [0.1, 0.15) is 5.75 Å². The average molecular weight is 422 g/mol. The summed E-state index contributed by atoms with van der Waals surface area (Å²) >= 11 is 0. The molecule has 0 heterocycles. The Bertz CT molecular complexity index is 950. The van der Waals surface area contributed by atoms with Crippen LogP contribution in [0.2, 0.25) is 0 Å². The van der Waals surface area contributed by atoms with Gasteiger partial charge in [-0.1, -0.05) is 31.4 Å². The van der Waals surface area contributed by atoms with Crippen molar-refractivity contribution in [3.8, 4) is 5.75 Å². The van der Waals surface area contributed by atoms with E-state index in [-0.39, 0.29) is 17.6 Å². The summed E-state index contributed by atoms with van der Waals surface area (Å²) in [6.07, 6.45) is 6.70. The SMILES string of the molecule is COc1ccc(/C=N\NC(=O)C(=O)Nc2ccccc2C(=O)NC2CCCCC2)cc1. The van der Waals surface area contributed by atoms with Gasteiger partial charge in [-0.3, -0.25) is 14.4 Å². The highest BCUT2D eigenvalue weighted by atomic mass is 16.5. The van der Waals surface area contributed by atoms with Crippen LogP contribution in [0.4, 0.5) is 5.69 Å². The zero-order valence-electron chi connectivity index (χ0n) is 17.4. The number of rotatable bonds is 6. The number of hydrogen-bond acceptors (Lipinski definition) is 5. The number of hydrazone groups is 1. The second-order valence-electron chi connectivity index (χ2n) is 7.28. The van der Waals surface area contributed by atoms with E-state index in [1.165, 1.54) is 12.6 Å². The molecule has 3 rings (SSSR count). The molecule has 0 spiro atoms. The molecule has 0 aliphatic heterocycles. The van der Waals surface area contributed by atoms with Gasteiger partial charge >= 0.3 is 11.8 Å². The predicted molar refractivity (Wildman–Crippen MR) is 118 cm³/mol. The first-order valence-electron chi connectivity index (χ1n) is 10.2. The van der Waals surface area contributed by atoms with Crippen molar-refractivity contribution in [1.29, 1.82) is 0 Å². The normalized spacial score (nSPS) is 14.1. The van der Waals surface area contributed by atoms with Crippen LogP contribution in [0, 0.1) is 0 Å². The number of hydrogen-bond donors (Lipinski definition) is 3. The number of methoxy groups -OCH3 is 1.